The van der Waals surface area contributed by atoms with E-state index in [1.807, 2.05) is 0 Å². The zero-order chi connectivity index (χ0) is 13.5. The third-order valence-corrected chi connectivity index (χ3v) is 2.00. The predicted octanol–water partition coefficient (Wildman–Crippen LogP) is 1.94. The lowest BCUT2D eigenvalue weighted by atomic mass is 9.88. The highest BCUT2D eigenvalue weighted by Crippen LogP contribution is 2.31. The largest absolute Gasteiger partial charge is 0.465 e. The van der Waals surface area contributed by atoms with Gasteiger partial charge in [0, 0.05) is 0 Å². The average molecular weight is 250 g/mol. The average Bonchev–Trinajstić information content (AvgIpc) is 2.25. The molecule has 0 heterocycles. The summed E-state index contributed by atoms with van der Waals surface area (Å²) in [5.74, 6) is -2.60. The molecule has 0 radical (unpaired) electrons. The van der Waals surface area contributed by atoms with Gasteiger partial charge in [-0.3, -0.25) is 9.59 Å². The van der Waals surface area contributed by atoms with Gasteiger partial charge in [-0.05, 0) is 20.8 Å². The normalized spacial score (nSPS) is 11.9. The minimum Gasteiger partial charge on any atom is -0.465 e. The molecule has 0 aliphatic rings. The molecule has 6 heteroatoms. The van der Waals surface area contributed by atoms with Crippen molar-refractivity contribution in [2.45, 2.75) is 27.2 Å². The minimum absolute atomic E-state index is 0.0930. The lowest BCUT2D eigenvalue weighted by Crippen LogP contribution is -2.46. The van der Waals surface area contributed by atoms with Crippen molar-refractivity contribution >= 4 is 11.9 Å². The summed E-state index contributed by atoms with van der Waals surface area (Å²) in [7, 11) is 0. The van der Waals surface area contributed by atoms with Gasteiger partial charge in [-0.25, -0.2) is 8.78 Å². The van der Waals surface area contributed by atoms with Crippen LogP contribution in [0, 0.1) is 5.41 Å². The Morgan fingerprint density at radius 2 is 1.59 bits per heavy atom. The van der Waals surface area contributed by atoms with Gasteiger partial charge >= 0.3 is 11.9 Å². The number of hydrogen-bond donors (Lipinski definition) is 0. The van der Waals surface area contributed by atoms with Crippen LogP contribution in [-0.2, 0) is 19.1 Å². The molecule has 0 N–H and O–H groups in total. The maximum absolute atomic E-state index is 13.0. The molecule has 0 saturated heterocycles. The molecule has 4 nitrogen and oxygen atoms in total. The molecule has 0 aromatic heterocycles. The second kappa shape index (κ2) is 6.98. The highest BCUT2D eigenvalue weighted by Gasteiger charge is 2.55. The van der Waals surface area contributed by atoms with E-state index in [1.54, 1.807) is 0 Å². The van der Waals surface area contributed by atoms with Crippen LogP contribution < -0.4 is 0 Å². The molecular formula is C11H16F2O4. The quantitative estimate of drug-likeness (QED) is 0.410. The zero-order valence-corrected chi connectivity index (χ0v) is 10.0. The van der Waals surface area contributed by atoms with Crippen LogP contribution in [0.2, 0.25) is 0 Å². The summed E-state index contributed by atoms with van der Waals surface area (Å²) in [4.78, 5) is 23.1. The van der Waals surface area contributed by atoms with E-state index in [9.17, 15) is 18.4 Å². The first-order chi connectivity index (χ1) is 7.97. The third kappa shape index (κ3) is 3.25. The smallest absolute Gasteiger partial charge is 0.333 e. The summed E-state index contributed by atoms with van der Waals surface area (Å²) in [5, 5.41) is 0. The number of hydrogen-bond acceptors (Lipinski definition) is 4. The SMILES string of the molecule is CC=CC(C(=O)OCC)(C(=O)OCC)C(F)F. The molecule has 0 aliphatic carbocycles. The molecule has 0 aliphatic heterocycles. The number of esters is 2. The molecule has 0 saturated carbocycles. The number of halogens is 2. The summed E-state index contributed by atoms with van der Waals surface area (Å²) < 4.78 is 35.1. The topological polar surface area (TPSA) is 52.6 Å². The van der Waals surface area contributed by atoms with Crippen molar-refractivity contribution in [1.82, 2.24) is 0 Å². The van der Waals surface area contributed by atoms with Crippen LogP contribution in [0.15, 0.2) is 12.2 Å². The van der Waals surface area contributed by atoms with E-state index in [2.05, 4.69) is 9.47 Å². The Hall–Kier alpha value is -1.46. The van der Waals surface area contributed by atoms with Gasteiger partial charge in [0.1, 0.15) is 0 Å². The van der Waals surface area contributed by atoms with Crippen LogP contribution in [0.5, 0.6) is 0 Å². The van der Waals surface area contributed by atoms with Crippen molar-refractivity contribution in [3.8, 4) is 0 Å². The van der Waals surface area contributed by atoms with Gasteiger partial charge < -0.3 is 9.47 Å². The lowest BCUT2D eigenvalue weighted by Gasteiger charge is -2.24. The fraction of sp³-hybridized carbons (Fsp3) is 0.636. The predicted molar refractivity (Wildman–Crippen MR) is 56.5 cm³/mol. The summed E-state index contributed by atoms with van der Waals surface area (Å²) in [6.45, 7) is 4.17. The second-order valence-corrected chi connectivity index (χ2v) is 3.11. The second-order valence-electron chi connectivity index (χ2n) is 3.11. The Morgan fingerprint density at radius 1 is 1.18 bits per heavy atom. The molecule has 0 fully saturated rings. The van der Waals surface area contributed by atoms with E-state index in [-0.39, 0.29) is 13.2 Å². The minimum atomic E-state index is -3.23. The number of alkyl halides is 2. The number of ether oxygens (including phenoxy) is 2. The Morgan fingerprint density at radius 3 is 1.82 bits per heavy atom. The number of carbonyl (C=O) groups is 2. The summed E-state index contributed by atoms with van der Waals surface area (Å²) >= 11 is 0. The molecule has 0 bridgehead atoms. The molecular weight excluding hydrogens is 234 g/mol. The summed E-state index contributed by atoms with van der Waals surface area (Å²) in [6, 6.07) is 0. The first-order valence-electron chi connectivity index (χ1n) is 5.23. The zero-order valence-electron chi connectivity index (χ0n) is 10.0. The van der Waals surface area contributed by atoms with Crippen molar-refractivity contribution in [2.75, 3.05) is 13.2 Å². The Bertz CT molecular complexity index is 282. The fourth-order valence-corrected chi connectivity index (χ4v) is 1.23. The summed E-state index contributed by atoms with van der Waals surface area (Å²) in [6.07, 6.45) is -1.22. The molecule has 0 rings (SSSR count). The van der Waals surface area contributed by atoms with Gasteiger partial charge in [-0.1, -0.05) is 12.2 Å². The van der Waals surface area contributed by atoms with Gasteiger partial charge in [0.05, 0.1) is 13.2 Å². The van der Waals surface area contributed by atoms with Gasteiger partial charge in [0.25, 0.3) is 6.43 Å². The maximum atomic E-state index is 13.0. The number of carbonyl (C=O) groups excluding carboxylic acids is 2. The summed E-state index contributed by atoms with van der Waals surface area (Å²) in [5.41, 5.74) is -2.67. The fourth-order valence-electron chi connectivity index (χ4n) is 1.23. The van der Waals surface area contributed by atoms with Crippen LogP contribution in [-0.4, -0.2) is 31.6 Å². The molecule has 98 valence electrons. The standard InChI is InChI=1S/C11H16F2O4/c1-4-7-11(8(12)13,9(14)16-5-2)10(15)17-6-3/h4,7-8H,5-6H2,1-3H3. The Kier molecular flexibility index (Phi) is 6.38. The van der Waals surface area contributed by atoms with Crippen molar-refractivity contribution < 1.29 is 27.8 Å². The number of allylic oxidation sites excluding steroid dienone is 1. The van der Waals surface area contributed by atoms with E-state index in [1.165, 1.54) is 26.8 Å². The lowest BCUT2D eigenvalue weighted by molar-refractivity contribution is -0.178. The van der Waals surface area contributed by atoms with Gasteiger partial charge in [0.2, 0.25) is 5.41 Å². The molecule has 0 aromatic carbocycles. The molecule has 0 aromatic rings. The van der Waals surface area contributed by atoms with E-state index in [4.69, 9.17) is 0 Å². The number of rotatable bonds is 6. The van der Waals surface area contributed by atoms with E-state index < -0.39 is 23.8 Å². The van der Waals surface area contributed by atoms with Crippen LogP contribution >= 0.6 is 0 Å². The van der Waals surface area contributed by atoms with Gasteiger partial charge in [-0.2, -0.15) is 0 Å². The van der Waals surface area contributed by atoms with E-state index in [0.29, 0.717) is 0 Å². The Labute approximate surface area is 98.6 Å². The van der Waals surface area contributed by atoms with Crippen molar-refractivity contribution in [3.05, 3.63) is 12.2 Å². The van der Waals surface area contributed by atoms with Crippen LogP contribution in [0.1, 0.15) is 20.8 Å². The van der Waals surface area contributed by atoms with Crippen molar-refractivity contribution in [3.63, 3.8) is 0 Å². The monoisotopic (exact) mass is 250 g/mol. The third-order valence-electron chi connectivity index (χ3n) is 2.00. The molecule has 0 atom stereocenters. The van der Waals surface area contributed by atoms with Crippen molar-refractivity contribution in [2.24, 2.45) is 5.41 Å². The molecule has 0 spiro atoms. The highest BCUT2D eigenvalue weighted by atomic mass is 19.3. The van der Waals surface area contributed by atoms with Gasteiger partial charge in [-0.15, -0.1) is 0 Å². The van der Waals surface area contributed by atoms with Crippen LogP contribution in [0.3, 0.4) is 0 Å². The van der Waals surface area contributed by atoms with Gasteiger partial charge in [0.15, 0.2) is 0 Å². The maximum Gasteiger partial charge on any atom is 0.333 e. The van der Waals surface area contributed by atoms with Crippen LogP contribution in [0.4, 0.5) is 8.78 Å². The van der Waals surface area contributed by atoms with Crippen LogP contribution in [0.25, 0.3) is 0 Å². The molecule has 0 amide bonds. The van der Waals surface area contributed by atoms with Crippen molar-refractivity contribution in [1.29, 1.82) is 0 Å². The van der Waals surface area contributed by atoms with E-state index in [0.717, 1.165) is 6.08 Å². The highest BCUT2D eigenvalue weighted by molar-refractivity contribution is 6.02. The first kappa shape index (κ1) is 15.5. The Balaban J connectivity index is 5.42. The van der Waals surface area contributed by atoms with E-state index >= 15 is 0 Å². The molecule has 0 unspecified atom stereocenters. The first-order valence-corrected chi connectivity index (χ1v) is 5.23. The molecule has 17 heavy (non-hydrogen) atoms.